The quantitative estimate of drug-likeness (QED) is 0.711. The molecule has 1 aliphatic carbocycles. The van der Waals surface area contributed by atoms with Crippen molar-refractivity contribution in [1.82, 2.24) is 10.2 Å². The van der Waals surface area contributed by atoms with Crippen molar-refractivity contribution < 1.29 is 19.7 Å². The van der Waals surface area contributed by atoms with Gasteiger partial charge in [0.25, 0.3) is 6.47 Å². The predicted molar refractivity (Wildman–Crippen MR) is 115 cm³/mol. The molecule has 1 aliphatic heterocycles. The minimum atomic E-state index is -0.459. The van der Waals surface area contributed by atoms with E-state index < -0.39 is 6.10 Å². The van der Waals surface area contributed by atoms with Crippen molar-refractivity contribution in [1.29, 1.82) is 0 Å². The summed E-state index contributed by atoms with van der Waals surface area (Å²) in [7, 11) is 0. The van der Waals surface area contributed by atoms with Crippen molar-refractivity contribution in [3.8, 4) is 5.75 Å². The fraction of sp³-hybridized carbons (Fsp3) is 0.500. The third kappa shape index (κ3) is 5.40. The van der Waals surface area contributed by atoms with Crippen LogP contribution in [-0.2, 0) is 4.79 Å². The molecule has 7 nitrogen and oxygen atoms in total. The zero-order chi connectivity index (χ0) is 21.7. The van der Waals surface area contributed by atoms with Gasteiger partial charge in [0.2, 0.25) is 0 Å². The summed E-state index contributed by atoms with van der Waals surface area (Å²) < 4.78 is 6.06. The Kier molecular flexibility index (Phi) is 7.50. The Balaban J connectivity index is 0.000000806. The second-order valence-corrected chi connectivity index (χ2v) is 8.59. The highest BCUT2D eigenvalue weighted by Gasteiger charge is 2.43. The standard InChI is InChI=1S/C21H26ClN3O2.CH2O2/c1-13(2)18-6-7-21(24-23-18)25-11-14-8-19(26)20(9-15(14)12-25)27-17-5-3-4-16(22)10-17;2-1-3/h3-7,10,13-15,19-20,26H,8-9,11-12H2,1-2H3;1H,(H,2,3)/t14-,15+,19+,20+;/m0./s1. The first-order valence-corrected chi connectivity index (χ1v) is 10.6. The average molecular weight is 434 g/mol. The van der Waals surface area contributed by atoms with Gasteiger partial charge in [-0.25, -0.2) is 0 Å². The second-order valence-electron chi connectivity index (χ2n) is 8.15. The first-order valence-electron chi connectivity index (χ1n) is 10.2. The highest BCUT2D eigenvalue weighted by Crippen LogP contribution is 2.39. The molecular weight excluding hydrogens is 406 g/mol. The van der Waals surface area contributed by atoms with Gasteiger partial charge in [0, 0.05) is 18.1 Å². The van der Waals surface area contributed by atoms with Gasteiger partial charge < -0.3 is 19.8 Å². The number of halogens is 1. The van der Waals surface area contributed by atoms with Gasteiger partial charge in [-0.2, -0.15) is 5.10 Å². The molecule has 2 aromatic rings. The fourth-order valence-corrected chi connectivity index (χ4v) is 4.41. The van der Waals surface area contributed by atoms with Crippen LogP contribution in [0.15, 0.2) is 36.4 Å². The number of hydrogen-bond acceptors (Lipinski definition) is 6. The van der Waals surface area contributed by atoms with Gasteiger partial charge in [0.15, 0.2) is 5.82 Å². The molecule has 1 saturated carbocycles. The van der Waals surface area contributed by atoms with Crippen LogP contribution in [0.2, 0.25) is 5.02 Å². The number of aliphatic hydroxyl groups excluding tert-OH is 1. The second kappa shape index (κ2) is 10.1. The number of aliphatic hydroxyl groups is 1. The molecule has 2 heterocycles. The largest absolute Gasteiger partial charge is 0.488 e. The molecule has 162 valence electrons. The maximum Gasteiger partial charge on any atom is 0.290 e. The van der Waals surface area contributed by atoms with Crippen LogP contribution in [0.4, 0.5) is 5.82 Å². The van der Waals surface area contributed by atoms with Crippen LogP contribution < -0.4 is 9.64 Å². The molecular formula is C22H28ClN3O4. The highest BCUT2D eigenvalue weighted by atomic mass is 35.5. The van der Waals surface area contributed by atoms with Crippen LogP contribution in [0, 0.1) is 11.8 Å². The Morgan fingerprint density at radius 2 is 1.87 bits per heavy atom. The van der Waals surface area contributed by atoms with E-state index in [-0.39, 0.29) is 12.6 Å². The number of carboxylic acid groups (broad SMARTS) is 1. The monoisotopic (exact) mass is 433 g/mol. The summed E-state index contributed by atoms with van der Waals surface area (Å²) in [5, 5.41) is 26.9. The number of benzene rings is 1. The normalized spacial score (nSPS) is 25.3. The molecule has 0 bridgehead atoms. The molecule has 4 atom stereocenters. The summed E-state index contributed by atoms with van der Waals surface area (Å²) in [4.78, 5) is 10.7. The van der Waals surface area contributed by atoms with Gasteiger partial charge in [0.1, 0.15) is 11.9 Å². The molecule has 2 aliphatic rings. The van der Waals surface area contributed by atoms with E-state index in [4.69, 9.17) is 26.2 Å². The third-order valence-electron chi connectivity index (χ3n) is 5.76. The number of anilines is 1. The topological polar surface area (TPSA) is 95.8 Å². The number of aromatic nitrogens is 2. The van der Waals surface area contributed by atoms with E-state index in [0.717, 1.165) is 43.2 Å². The van der Waals surface area contributed by atoms with E-state index in [9.17, 15) is 5.11 Å². The zero-order valence-corrected chi connectivity index (χ0v) is 17.9. The van der Waals surface area contributed by atoms with Crippen molar-refractivity contribution in [2.45, 2.75) is 44.8 Å². The molecule has 2 N–H and O–H groups in total. The molecule has 30 heavy (non-hydrogen) atoms. The fourth-order valence-electron chi connectivity index (χ4n) is 4.23. The summed E-state index contributed by atoms with van der Waals surface area (Å²) in [5.41, 5.74) is 1.01. The smallest absolute Gasteiger partial charge is 0.290 e. The van der Waals surface area contributed by atoms with Crippen LogP contribution >= 0.6 is 11.6 Å². The summed E-state index contributed by atoms with van der Waals surface area (Å²) in [6.45, 7) is 5.84. The minimum absolute atomic E-state index is 0.195. The molecule has 2 fully saturated rings. The van der Waals surface area contributed by atoms with Crippen molar-refractivity contribution in [3.63, 3.8) is 0 Å². The van der Waals surface area contributed by atoms with E-state index in [2.05, 4.69) is 41.1 Å². The summed E-state index contributed by atoms with van der Waals surface area (Å²) in [5.74, 6) is 2.98. The first-order chi connectivity index (χ1) is 14.4. The van der Waals surface area contributed by atoms with E-state index >= 15 is 0 Å². The number of carbonyl (C=O) groups is 1. The van der Waals surface area contributed by atoms with Crippen LogP contribution in [0.1, 0.15) is 38.3 Å². The van der Waals surface area contributed by atoms with Crippen LogP contribution in [0.3, 0.4) is 0 Å². The lowest BCUT2D eigenvalue weighted by Crippen LogP contribution is -2.42. The molecule has 1 aromatic carbocycles. The van der Waals surface area contributed by atoms with Gasteiger partial charge in [-0.3, -0.25) is 4.79 Å². The number of nitrogens with zero attached hydrogens (tertiary/aromatic N) is 3. The van der Waals surface area contributed by atoms with Crippen LogP contribution in [0.5, 0.6) is 5.75 Å². The van der Waals surface area contributed by atoms with Gasteiger partial charge in [0.05, 0.1) is 11.8 Å². The van der Waals surface area contributed by atoms with Crippen molar-refractivity contribution in [3.05, 3.63) is 47.1 Å². The molecule has 0 radical (unpaired) electrons. The summed E-state index contributed by atoms with van der Waals surface area (Å²) in [6, 6.07) is 11.5. The number of fused-ring (bicyclic) bond motifs is 1. The highest BCUT2D eigenvalue weighted by molar-refractivity contribution is 6.30. The molecule has 0 amide bonds. The van der Waals surface area contributed by atoms with Crippen molar-refractivity contribution >= 4 is 23.9 Å². The summed E-state index contributed by atoms with van der Waals surface area (Å²) >= 11 is 6.04. The SMILES string of the molecule is CC(C)c1ccc(N2C[C@H]3C[C@@H](Oc4cccc(Cl)c4)[C@H](O)C[C@H]3C2)nn1.O=CO. The third-order valence-corrected chi connectivity index (χ3v) is 5.99. The van der Waals surface area contributed by atoms with Gasteiger partial charge >= 0.3 is 0 Å². The van der Waals surface area contributed by atoms with Gasteiger partial charge in [-0.1, -0.05) is 31.5 Å². The van der Waals surface area contributed by atoms with Crippen molar-refractivity contribution in [2.75, 3.05) is 18.0 Å². The van der Waals surface area contributed by atoms with Crippen LogP contribution in [-0.4, -0.2) is 52.2 Å². The molecule has 1 aromatic heterocycles. The molecule has 4 rings (SSSR count). The number of ether oxygens (including phenoxy) is 1. The molecule has 8 heteroatoms. The van der Waals surface area contributed by atoms with Crippen LogP contribution in [0.25, 0.3) is 0 Å². The lowest BCUT2D eigenvalue weighted by Gasteiger charge is -2.35. The average Bonchev–Trinajstić information content (AvgIpc) is 3.12. The summed E-state index contributed by atoms with van der Waals surface area (Å²) in [6.07, 6.45) is 0.939. The molecule has 0 unspecified atom stereocenters. The van der Waals surface area contributed by atoms with Gasteiger partial charge in [-0.15, -0.1) is 5.10 Å². The Hall–Kier alpha value is -2.38. The lowest BCUT2D eigenvalue weighted by atomic mass is 9.78. The number of hydrogen-bond donors (Lipinski definition) is 2. The Morgan fingerprint density at radius 3 is 2.47 bits per heavy atom. The Morgan fingerprint density at radius 1 is 1.17 bits per heavy atom. The predicted octanol–water partition coefficient (Wildman–Crippen LogP) is 3.61. The van der Waals surface area contributed by atoms with E-state index in [1.807, 2.05) is 18.2 Å². The maximum absolute atomic E-state index is 10.6. The maximum atomic E-state index is 10.6. The first kappa shape index (κ1) is 22.3. The van der Waals surface area contributed by atoms with Gasteiger partial charge in [-0.05, 0) is 60.9 Å². The Labute approximate surface area is 181 Å². The van der Waals surface area contributed by atoms with E-state index in [1.165, 1.54) is 0 Å². The van der Waals surface area contributed by atoms with Crippen molar-refractivity contribution in [2.24, 2.45) is 11.8 Å². The molecule has 0 spiro atoms. The number of rotatable bonds is 4. The lowest BCUT2D eigenvalue weighted by molar-refractivity contribution is -0.122. The minimum Gasteiger partial charge on any atom is -0.488 e. The van der Waals surface area contributed by atoms with E-state index in [1.54, 1.807) is 6.07 Å². The van der Waals surface area contributed by atoms with E-state index in [0.29, 0.717) is 22.8 Å². The molecule has 1 saturated heterocycles. The zero-order valence-electron chi connectivity index (χ0n) is 17.2. The Bertz CT molecular complexity index is 833.